The van der Waals surface area contributed by atoms with E-state index in [1.807, 2.05) is 18.2 Å². The fraction of sp³-hybridized carbons (Fsp3) is 0.400. The van der Waals surface area contributed by atoms with Gasteiger partial charge in [0, 0.05) is 44.3 Å². The SMILES string of the molecule is CS(=O)CCCNc1ccc(N)cc1I. The molecule has 0 bridgehead atoms. The van der Waals surface area contributed by atoms with Gasteiger partial charge in [-0.15, -0.1) is 0 Å². The van der Waals surface area contributed by atoms with Crippen molar-refractivity contribution >= 4 is 44.8 Å². The van der Waals surface area contributed by atoms with Crippen molar-refractivity contribution in [1.29, 1.82) is 0 Å². The molecule has 1 unspecified atom stereocenters. The van der Waals surface area contributed by atoms with Crippen LogP contribution in [0.25, 0.3) is 0 Å². The smallest absolute Gasteiger partial charge is 0.0477 e. The minimum atomic E-state index is -0.694. The third-order valence-electron chi connectivity index (χ3n) is 1.92. The fourth-order valence-corrected chi connectivity index (χ4v) is 2.45. The Hall–Kier alpha value is -0.300. The average molecular weight is 338 g/mol. The highest BCUT2D eigenvalue weighted by Crippen LogP contribution is 2.20. The molecule has 1 rings (SSSR count). The molecule has 15 heavy (non-hydrogen) atoms. The second-order valence-corrected chi connectivity index (χ2v) is 6.01. The first-order valence-corrected chi connectivity index (χ1v) is 7.49. The maximum Gasteiger partial charge on any atom is 0.0477 e. The monoisotopic (exact) mass is 338 g/mol. The molecule has 0 aliphatic rings. The van der Waals surface area contributed by atoms with Crippen molar-refractivity contribution in [1.82, 2.24) is 0 Å². The zero-order valence-corrected chi connectivity index (χ0v) is 11.6. The highest BCUT2D eigenvalue weighted by molar-refractivity contribution is 14.1. The molecule has 0 aromatic heterocycles. The van der Waals surface area contributed by atoms with Gasteiger partial charge in [-0.1, -0.05) is 0 Å². The van der Waals surface area contributed by atoms with Crippen LogP contribution in [0.4, 0.5) is 11.4 Å². The first-order valence-electron chi connectivity index (χ1n) is 4.68. The molecule has 1 aromatic carbocycles. The molecule has 0 aliphatic carbocycles. The molecule has 5 heteroatoms. The molecule has 1 atom stereocenters. The van der Waals surface area contributed by atoms with Crippen LogP contribution in [0, 0.1) is 3.57 Å². The van der Waals surface area contributed by atoms with E-state index in [1.54, 1.807) is 6.26 Å². The summed E-state index contributed by atoms with van der Waals surface area (Å²) < 4.78 is 11.9. The maximum absolute atomic E-state index is 10.8. The lowest BCUT2D eigenvalue weighted by Crippen LogP contribution is -2.07. The van der Waals surface area contributed by atoms with Gasteiger partial charge in [-0.2, -0.15) is 0 Å². The van der Waals surface area contributed by atoms with Crippen molar-refractivity contribution in [2.24, 2.45) is 0 Å². The summed E-state index contributed by atoms with van der Waals surface area (Å²) in [7, 11) is -0.694. The lowest BCUT2D eigenvalue weighted by molar-refractivity contribution is 0.685. The van der Waals surface area contributed by atoms with Crippen LogP contribution in [-0.2, 0) is 10.8 Å². The zero-order valence-electron chi connectivity index (χ0n) is 8.63. The Labute approximate surface area is 106 Å². The third-order valence-corrected chi connectivity index (χ3v) is 3.67. The Morgan fingerprint density at radius 1 is 1.53 bits per heavy atom. The third kappa shape index (κ3) is 4.83. The fourth-order valence-electron chi connectivity index (χ4n) is 1.17. The van der Waals surface area contributed by atoms with Gasteiger partial charge in [0.05, 0.1) is 0 Å². The molecule has 0 saturated carbocycles. The average Bonchev–Trinajstić information content (AvgIpc) is 2.14. The standard InChI is InChI=1S/C10H15IN2OS/c1-15(14)6-2-5-13-10-4-3-8(12)7-9(10)11/h3-4,7,13H,2,5-6,12H2,1H3. The molecule has 0 radical (unpaired) electrons. The van der Waals surface area contributed by atoms with E-state index in [0.29, 0.717) is 0 Å². The molecule has 0 amide bonds. The van der Waals surface area contributed by atoms with Crippen LogP contribution in [0.15, 0.2) is 18.2 Å². The number of halogens is 1. The summed E-state index contributed by atoms with van der Waals surface area (Å²) in [5, 5.41) is 3.30. The first kappa shape index (κ1) is 12.8. The summed E-state index contributed by atoms with van der Waals surface area (Å²) in [6, 6.07) is 5.78. The van der Waals surface area contributed by atoms with E-state index < -0.39 is 10.8 Å². The normalized spacial score (nSPS) is 12.4. The minimum Gasteiger partial charge on any atom is -0.399 e. The van der Waals surface area contributed by atoms with E-state index >= 15 is 0 Å². The van der Waals surface area contributed by atoms with Crippen LogP contribution in [0.5, 0.6) is 0 Å². The Morgan fingerprint density at radius 3 is 2.87 bits per heavy atom. The number of nitrogen functional groups attached to an aromatic ring is 1. The lowest BCUT2D eigenvalue weighted by atomic mass is 10.3. The highest BCUT2D eigenvalue weighted by atomic mass is 127. The Bertz CT molecular complexity index is 357. The molecule has 0 heterocycles. The largest absolute Gasteiger partial charge is 0.399 e. The molecule has 1 aromatic rings. The highest BCUT2D eigenvalue weighted by Gasteiger charge is 1.99. The van der Waals surface area contributed by atoms with Crippen molar-refractivity contribution in [2.45, 2.75) is 6.42 Å². The summed E-state index contributed by atoms with van der Waals surface area (Å²) in [5.74, 6) is 0.749. The van der Waals surface area contributed by atoms with Gasteiger partial charge in [0.2, 0.25) is 0 Å². The van der Waals surface area contributed by atoms with Crippen LogP contribution >= 0.6 is 22.6 Å². The molecule has 84 valence electrons. The molecular weight excluding hydrogens is 323 g/mol. The number of hydrogen-bond acceptors (Lipinski definition) is 3. The Morgan fingerprint density at radius 2 is 2.27 bits per heavy atom. The summed E-state index contributed by atoms with van der Waals surface area (Å²) in [5.41, 5.74) is 7.52. The van der Waals surface area contributed by atoms with E-state index in [-0.39, 0.29) is 0 Å². The second kappa shape index (κ2) is 6.32. The molecule has 0 saturated heterocycles. The van der Waals surface area contributed by atoms with Gasteiger partial charge in [-0.05, 0) is 47.2 Å². The maximum atomic E-state index is 10.8. The molecule has 0 spiro atoms. The number of benzene rings is 1. The first-order chi connectivity index (χ1) is 7.09. The number of anilines is 2. The van der Waals surface area contributed by atoms with Gasteiger partial charge in [0.25, 0.3) is 0 Å². The van der Waals surface area contributed by atoms with Crippen LogP contribution in [0.2, 0.25) is 0 Å². The summed E-state index contributed by atoms with van der Waals surface area (Å²) in [4.78, 5) is 0. The molecule has 3 N–H and O–H groups in total. The number of nitrogens with one attached hydrogen (secondary N) is 1. The number of nitrogens with two attached hydrogens (primary N) is 1. The predicted octanol–water partition coefficient (Wildman–Crippen LogP) is 2.05. The predicted molar refractivity (Wildman–Crippen MR) is 75.6 cm³/mol. The summed E-state index contributed by atoms with van der Waals surface area (Å²) in [6.45, 7) is 0.847. The van der Waals surface area contributed by atoms with E-state index in [2.05, 4.69) is 27.9 Å². The van der Waals surface area contributed by atoms with Crippen molar-refractivity contribution in [3.8, 4) is 0 Å². The van der Waals surface area contributed by atoms with Gasteiger partial charge in [0.1, 0.15) is 0 Å². The van der Waals surface area contributed by atoms with E-state index in [9.17, 15) is 4.21 Å². The van der Waals surface area contributed by atoms with Gasteiger partial charge in [-0.25, -0.2) is 0 Å². The van der Waals surface area contributed by atoms with Gasteiger partial charge >= 0.3 is 0 Å². The molecule has 0 aliphatic heterocycles. The number of hydrogen-bond donors (Lipinski definition) is 2. The van der Waals surface area contributed by atoms with Crippen molar-refractivity contribution in [2.75, 3.05) is 29.6 Å². The summed E-state index contributed by atoms with van der Waals surface area (Å²) in [6.07, 6.45) is 2.65. The Balaban J connectivity index is 2.40. The van der Waals surface area contributed by atoms with Crippen LogP contribution in [-0.4, -0.2) is 22.8 Å². The van der Waals surface area contributed by atoms with Crippen molar-refractivity contribution in [3.05, 3.63) is 21.8 Å². The van der Waals surface area contributed by atoms with E-state index in [1.165, 1.54) is 0 Å². The van der Waals surface area contributed by atoms with Crippen molar-refractivity contribution in [3.63, 3.8) is 0 Å². The quantitative estimate of drug-likeness (QED) is 0.491. The molecule has 3 nitrogen and oxygen atoms in total. The minimum absolute atomic E-state index is 0.694. The van der Waals surface area contributed by atoms with Crippen molar-refractivity contribution < 1.29 is 4.21 Å². The molecule has 0 fully saturated rings. The van der Waals surface area contributed by atoms with E-state index in [4.69, 9.17) is 5.73 Å². The Kier molecular flexibility index (Phi) is 5.38. The van der Waals surface area contributed by atoms with Crippen LogP contribution in [0.3, 0.4) is 0 Å². The van der Waals surface area contributed by atoms with Gasteiger partial charge in [-0.3, -0.25) is 4.21 Å². The van der Waals surface area contributed by atoms with Gasteiger partial charge < -0.3 is 11.1 Å². The van der Waals surface area contributed by atoms with Gasteiger partial charge in [0.15, 0.2) is 0 Å². The topological polar surface area (TPSA) is 55.1 Å². The zero-order chi connectivity index (χ0) is 11.3. The van der Waals surface area contributed by atoms with Crippen LogP contribution < -0.4 is 11.1 Å². The molecular formula is C10H15IN2OS. The summed E-state index contributed by atoms with van der Waals surface area (Å²) >= 11 is 2.25. The van der Waals surface area contributed by atoms with Crippen LogP contribution in [0.1, 0.15) is 6.42 Å². The number of rotatable bonds is 5. The second-order valence-electron chi connectivity index (χ2n) is 3.30. The van der Waals surface area contributed by atoms with E-state index in [0.717, 1.165) is 33.7 Å². The lowest BCUT2D eigenvalue weighted by Gasteiger charge is -2.08.